The molecule has 0 bridgehead atoms. The first-order chi connectivity index (χ1) is 10.0. The molecule has 1 N–H and O–H groups in total. The number of nitrogens with zero attached hydrogens (tertiary/aromatic N) is 1. The van der Waals surface area contributed by atoms with Crippen molar-refractivity contribution >= 4 is 11.8 Å². The van der Waals surface area contributed by atoms with Crippen LogP contribution >= 0.6 is 0 Å². The van der Waals surface area contributed by atoms with Crippen LogP contribution in [0, 0.1) is 11.8 Å². The van der Waals surface area contributed by atoms with Gasteiger partial charge in [-0.05, 0) is 38.0 Å². The van der Waals surface area contributed by atoms with E-state index in [-0.39, 0.29) is 11.8 Å². The van der Waals surface area contributed by atoms with Gasteiger partial charge in [0, 0.05) is 19.5 Å². The quantitative estimate of drug-likeness (QED) is 0.785. The van der Waals surface area contributed by atoms with Gasteiger partial charge >= 0.3 is 0 Å². The summed E-state index contributed by atoms with van der Waals surface area (Å²) in [7, 11) is 0. The Morgan fingerprint density at radius 2 is 2.05 bits per heavy atom. The number of carbonyl (C=O) groups is 2. The third-order valence-corrected chi connectivity index (χ3v) is 5.16. The maximum absolute atomic E-state index is 12.9. The van der Waals surface area contributed by atoms with Gasteiger partial charge < -0.3 is 10.2 Å². The molecule has 2 aliphatic rings. The molecule has 120 valence electrons. The normalized spacial score (nSPS) is 28.2. The molecule has 1 aliphatic heterocycles. The maximum atomic E-state index is 12.9. The molecule has 0 spiro atoms. The van der Waals surface area contributed by atoms with Crippen molar-refractivity contribution in [2.75, 3.05) is 13.1 Å². The van der Waals surface area contributed by atoms with Gasteiger partial charge in [-0.1, -0.05) is 33.1 Å². The lowest BCUT2D eigenvalue weighted by molar-refractivity contribution is -0.139. The fourth-order valence-corrected chi connectivity index (χ4v) is 3.41. The highest BCUT2D eigenvalue weighted by Gasteiger charge is 2.51. The summed E-state index contributed by atoms with van der Waals surface area (Å²) in [5.41, 5.74) is -0.656. The molecule has 0 aromatic carbocycles. The van der Waals surface area contributed by atoms with Gasteiger partial charge in [0.25, 0.3) is 0 Å². The van der Waals surface area contributed by atoms with Gasteiger partial charge in [-0.2, -0.15) is 0 Å². The van der Waals surface area contributed by atoms with Crippen molar-refractivity contribution in [1.82, 2.24) is 10.2 Å². The van der Waals surface area contributed by atoms with Crippen LogP contribution in [0.25, 0.3) is 0 Å². The van der Waals surface area contributed by atoms with Crippen molar-refractivity contribution in [3.05, 3.63) is 0 Å². The summed E-state index contributed by atoms with van der Waals surface area (Å²) < 4.78 is 0. The fourth-order valence-electron chi connectivity index (χ4n) is 3.41. The summed E-state index contributed by atoms with van der Waals surface area (Å²) in [4.78, 5) is 26.8. The summed E-state index contributed by atoms with van der Waals surface area (Å²) in [6.45, 7) is 7.72. The molecule has 0 radical (unpaired) electrons. The molecular weight excluding hydrogens is 264 g/mol. The van der Waals surface area contributed by atoms with E-state index >= 15 is 0 Å². The number of unbranched alkanes of at least 4 members (excludes halogenated alkanes) is 1. The predicted octanol–water partition coefficient (Wildman–Crippen LogP) is 2.72. The van der Waals surface area contributed by atoms with Crippen LogP contribution in [0.1, 0.15) is 65.7 Å². The Hall–Kier alpha value is -1.06. The van der Waals surface area contributed by atoms with Crippen LogP contribution in [0.3, 0.4) is 0 Å². The van der Waals surface area contributed by atoms with Crippen LogP contribution in [0.2, 0.25) is 0 Å². The smallest absolute Gasteiger partial charge is 0.248 e. The van der Waals surface area contributed by atoms with E-state index in [1.165, 1.54) is 19.3 Å². The van der Waals surface area contributed by atoms with Gasteiger partial charge in [0.15, 0.2) is 0 Å². The van der Waals surface area contributed by atoms with Gasteiger partial charge in [-0.15, -0.1) is 0 Å². The Balaban J connectivity index is 2.06. The van der Waals surface area contributed by atoms with Crippen molar-refractivity contribution in [3.63, 3.8) is 0 Å². The number of nitrogens with one attached hydrogen (secondary N) is 1. The van der Waals surface area contributed by atoms with E-state index in [4.69, 9.17) is 0 Å². The summed E-state index contributed by atoms with van der Waals surface area (Å²) >= 11 is 0. The second kappa shape index (κ2) is 6.80. The second-order valence-electron chi connectivity index (χ2n) is 6.94. The highest BCUT2D eigenvalue weighted by Crippen LogP contribution is 2.41. The molecular formula is C17H30N2O2. The molecule has 2 fully saturated rings. The lowest BCUT2D eigenvalue weighted by Gasteiger charge is -2.34. The minimum atomic E-state index is -0.656. The van der Waals surface area contributed by atoms with E-state index in [9.17, 15) is 9.59 Å². The summed E-state index contributed by atoms with van der Waals surface area (Å²) in [5, 5.41) is 3.00. The SMILES string of the molecule is CCCCC(CC)CN1CCC(=O)NC(C)(C2CC2)C1=O. The first-order valence-electron chi connectivity index (χ1n) is 8.61. The van der Waals surface area contributed by atoms with Gasteiger partial charge in [0.2, 0.25) is 11.8 Å². The van der Waals surface area contributed by atoms with E-state index in [0.29, 0.717) is 24.8 Å². The molecule has 4 nitrogen and oxygen atoms in total. The Kier molecular flexibility index (Phi) is 5.28. The molecule has 4 heteroatoms. The molecule has 1 saturated carbocycles. The van der Waals surface area contributed by atoms with Crippen molar-refractivity contribution in [2.24, 2.45) is 11.8 Å². The van der Waals surface area contributed by atoms with Crippen LogP contribution in [0.4, 0.5) is 0 Å². The fraction of sp³-hybridized carbons (Fsp3) is 0.882. The molecule has 1 aliphatic carbocycles. The van der Waals surface area contributed by atoms with Crippen LogP contribution in [0.15, 0.2) is 0 Å². The molecule has 2 amide bonds. The number of amides is 2. The Labute approximate surface area is 128 Å². The zero-order valence-electron chi connectivity index (χ0n) is 13.8. The third kappa shape index (κ3) is 3.78. The number of rotatable bonds is 7. The minimum Gasteiger partial charge on any atom is -0.342 e. The second-order valence-corrected chi connectivity index (χ2v) is 6.94. The van der Waals surface area contributed by atoms with Crippen molar-refractivity contribution in [2.45, 2.75) is 71.3 Å². The zero-order chi connectivity index (χ0) is 15.5. The van der Waals surface area contributed by atoms with Crippen molar-refractivity contribution in [1.29, 1.82) is 0 Å². The van der Waals surface area contributed by atoms with Crippen molar-refractivity contribution in [3.8, 4) is 0 Å². The molecule has 2 unspecified atom stereocenters. The average Bonchev–Trinajstić information content (AvgIpc) is 3.30. The van der Waals surface area contributed by atoms with Crippen LogP contribution in [0.5, 0.6) is 0 Å². The van der Waals surface area contributed by atoms with Crippen molar-refractivity contribution < 1.29 is 9.59 Å². The van der Waals surface area contributed by atoms with E-state index in [2.05, 4.69) is 19.2 Å². The van der Waals surface area contributed by atoms with Gasteiger partial charge in [0.1, 0.15) is 5.54 Å². The van der Waals surface area contributed by atoms with Gasteiger partial charge in [0.05, 0.1) is 0 Å². The topological polar surface area (TPSA) is 49.4 Å². The van der Waals surface area contributed by atoms with Crippen LogP contribution < -0.4 is 5.32 Å². The van der Waals surface area contributed by atoms with E-state index in [1.54, 1.807) is 0 Å². The largest absolute Gasteiger partial charge is 0.342 e. The lowest BCUT2D eigenvalue weighted by Crippen LogP contribution is -2.57. The van der Waals surface area contributed by atoms with Gasteiger partial charge in [-0.25, -0.2) is 0 Å². The van der Waals surface area contributed by atoms with E-state index in [1.807, 2.05) is 11.8 Å². The first kappa shape index (κ1) is 16.3. The highest BCUT2D eigenvalue weighted by molar-refractivity contribution is 5.93. The monoisotopic (exact) mass is 294 g/mol. The molecule has 21 heavy (non-hydrogen) atoms. The first-order valence-corrected chi connectivity index (χ1v) is 8.61. The number of hydrogen-bond acceptors (Lipinski definition) is 2. The molecule has 0 aromatic heterocycles. The number of carbonyl (C=O) groups excluding carboxylic acids is 2. The highest BCUT2D eigenvalue weighted by atomic mass is 16.2. The average molecular weight is 294 g/mol. The number of hydrogen-bond donors (Lipinski definition) is 1. The zero-order valence-corrected chi connectivity index (χ0v) is 13.8. The molecule has 0 aromatic rings. The Bertz CT molecular complexity index is 392. The Morgan fingerprint density at radius 1 is 1.33 bits per heavy atom. The standard InChI is InChI=1S/C17H30N2O2/c1-4-6-7-13(5-2)12-19-11-10-15(20)18-17(3,16(19)21)14-8-9-14/h13-14H,4-12H2,1-3H3,(H,18,20). The van der Waals surface area contributed by atoms with Crippen LogP contribution in [-0.2, 0) is 9.59 Å². The van der Waals surface area contributed by atoms with Gasteiger partial charge in [-0.3, -0.25) is 9.59 Å². The van der Waals surface area contributed by atoms with E-state index < -0.39 is 5.54 Å². The molecule has 1 heterocycles. The van der Waals surface area contributed by atoms with E-state index in [0.717, 1.165) is 25.8 Å². The summed E-state index contributed by atoms with van der Waals surface area (Å²) in [6.07, 6.45) is 7.26. The maximum Gasteiger partial charge on any atom is 0.248 e. The molecule has 1 saturated heterocycles. The molecule has 2 atom stereocenters. The van der Waals surface area contributed by atoms with Crippen LogP contribution in [-0.4, -0.2) is 35.3 Å². The predicted molar refractivity (Wildman–Crippen MR) is 83.8 cm³/mol. The summed E-state index contributed by atoms with van der Waals surface area (Å²) in [5.74, 6) is 1.07. The minimum absolute atomic E-state index is 0.0295. The molecule has 2 rings (SSSR count). The lowest BCUT2D eigenvalue weighted by atomic mass is 9.92. The third-order valence-electron chi connectivity index (χ3n) is 5.16. The Morgan fingerprint density at radius 3 is 2.62 bits per heavy atom. The summed E-state index contributed by atoms with van der Waals surface area (Å²) in [6, 6.07) is 0.